The zero-order valence-electron chi connectivity index (χ0n) is 10.2. The second kappa shape index (κ2) is 6.37. The van der Waals surface area contributed by atoms with Gasteiger partial charge in [-0.3, -0.25) is 4.79 Å². The Morgan fingerprint density at radius 1 is 1.56 bits per heavy atom. The summed E-state index contributed by atoms with van der Waals surface area (Å²) >= 11 is 0. The standard InChI is InChI=1S/C11H20N4O/c1-4-7-15-10(8-13-14-15)11(16)5-6-12-9(2)3/h8-9,12H,4-7H2,1-3H3. The van der Waals surface area contributed by atoms with Crippen LogP contribution in [0.15, 0.2) is 6.20 Å². The molecule has 5 nitrogen and oxygen atoms in total. The molecule has 0 bridgehead atoms. The highest BCUT2D eigenvalue weighted by atomic mass is 16.1. The number of nitrogens with one attached hydrogen (secondary N) is 1. The van der Waals surface area contributed by atoms with E-state index in [0.717, 1.165) is 13.0 Å². The molecule has 0 spiro atoms. The van der Waals surface area contributed by atoms with Crippen molar-refractivity contribution in [2.45, 2.75) is 46.2 Å². The molecule has 1 N–H and O–H groups in total. The molecule has 90 valence electrons. The van der Waals surface area contributed by atoms with Gasteiger partial charge in [-0.05, 0) is 6.42 Å². The Hall–Kier alpha value is -1.23. The van der Waals surface area contributed by atoms with E-state index in [1.807, 2.05) is 0 Å². The number of nitrogens with zero attached hydrogens (tertiary/aromatic N) is 3. The van der Waals surface area contributed by atoms with E-state index >= 15 is 0 Å². The van der Waals surface area contributed by atoms with Gasteiger partial charge < -0.3 is 5.32 Å². The Morgan fingerprint density at radius 2 is 2.31 bits per heavy atom. The molecule has 0 saturated carbocycles. The minimum atomic E-state index is 0.103. The van der Waals surface area contributed by atoms with Gasteiger partial charge in [0.1, 0.15) is 5.69 Å². The maximum atomic E-state index is 11.8. The van der Waals surface area contributed by atoms with Gasteiger partial charge in [-0.15, -0.1) is 5.10 Å². The van der Waals surface area contributed by atoms with Gasteiger partial charge in [0.05, 0.1) is 6.20 Å². The summed E-state index contributed by atoms with van der Waals surface area (Å²) in [5.41, 5.74) is 0.618. The summed E-state index contributed by atoms with van der Waals surface area (Å²) in [6.45, 7) is 7.63. The van der Waals surface area contributed by atoms with E-state index < -0.39 is 0 Å². The number of aryl methyl sites for hydroxylation is 1. The van der Waals surface area contributed by atoms with Crippen molar-refractivity contribution in [3.63, 3.8) is 0 Å². The molecule has 0 amide bonds. The van der Waals surface area contributed by atoms with Gasteiger partial charge >= 0.3 is 0 Å². The van der Waals surface area contributed by atoms with Gasteiger partial charge in [0.2, 0.25) is 0 Å². The van der Waals surface area contributed by atoms with Crippen molar-refractivity contribution in [3.05, 3.63) is 11.9 Å². The van der Waals surface area contributed by atoms with Crippen LogP contribution >= 0.6 is 0 Å². The van der Waals surface area contributed by atoms with Crippen molar-refractivity contribution in [3.8, 4) is 0 Å². The number of rotatable bonds is 7. The average Bonchev–Trinajstić information content (AvgIpc) is 2.66. The molecule has 0 aliphatic carbocycles. The van der Waals surface area contributed by atoms with Crippen LogP contribution in [0.2, 0.25) is 0 Å². The predicted octanol–water partition coefficient (Wildman–Crippen LogP) is 1.26. The molecule has 1 rings (SSSR count). The number of Topliss-reactive ketones (excluding diaryl/α,β-unsaturated/α-hetero) is 1. The second-order valence-electron chi connectivity index (χ2n) is 4.12. The maximum Gasteiger partial charge on any atom is 0.183 e. The van der Waals surface area contributed by atoms with Crippen molar-refractivity contribution in [2.24, 2.45) is 0 Å². The molecule has 0 radical (unpaired) electrons. The highest BCUT2D eigenvalue weighted by molar-refractivity contribution is 5.94. The third kappa shape index (κ3) is 3.73. The highest BCUT2D eigenvalue weighted by Crippen LogP contribution is 2.02. The molecule has 1 aromatic rings. The van der Waals surface area contributed by atoms with Gasteiger partial charge in [-0.25, -0.2) is 4.68 Å². The van der Waals surface area contributed by atoms with Crippen molar-refractivity contribution in [1.29, 1.82) is 0 Å². The summed E-state index contributed by atoms with van der Waals surface area (Å²) in [7, 11) is 0. The van der Waals surface area contributed by atoms with Crippen LogP contribution in [0.1, 0.15) is 44.1 Å². The lowest BCUT2D eigenvalue weighted by Crippen LogP contribution is -2.26. The SMILES string of the molecule is CCCn1nncc1C(=O)CCNC(C)C. The summed E-state index contributed by atoms with van der Waals surface area (Å²) in [5, 5.41) is 10.9. The topological polar surface area (TPSA) is 59.8 Å². The third-order valence-corrected chi connectivity index (χ3v) is 2.24. The maximum absolute atomic E-state index is 11.8. The average molecular weight is 224 g/mol. The molecule has 0 aliphatic rings. The summed E-state index contributed by atoms with van der Waals surface area (Å²) in [6, 6.07) is 0.409. The highest BCUT2D eigenvalue weighted by Gasteiger charge is 2.12. The molecule has 0 aliphatic heterocycles. The summed E-state index contributed by atoms with van der Waals surface area (Å²) in [4.78, 5) is 11.8. The first-order valence-corrected chi connectivity index (χ1v) is 5.80. The predicted molar refractivity (Wildman–Crippen MR) is 62.4 cm³/mol. The summed E-state index contributed by atoms with van der Waals surface area (Å²) in [6.07, 6.45) is 3.00. The first kappa shape index (κ1) is 12.8. The van der Waals surface area contributed by atoms with Crippen molar-refractivity contribution in [1.82, 2.24) is 20.3 Å². The molecule has 0 atom stereocenters. The molecular formula is C11H20N4O. The Kier molecular flexibility index (Phi) is 5.11. The normalized spacial score (nSPS) is 11.0. The minimum absolute atomic E-state index is 0.103. The Morgan fingerprint density at radius 3 is 2.94 bits per heavy atom. The van der Waals surface area contributed by atoms with E-state index in [-0.39, 0.29) is 5.78 Å². The van der Waals surface area contributed by atoms with Crippen LogP contribution in [-0.2, 0) is 6.54 Å². The number of aromatic nitrogens is 3. The summed E-state index contributed by atoms with van der Waals surface area (Å²) < 4.78 is 1.68. The first-order chi connectivity index (χ1) is 7.65. The molecule has 5 heteroatoms. The minimum Gasteiger partial charge on any atom is -0.314 e. The zero-order valence-corrected chi connectivity index (χ0v) is 10.2. The molecular weight excluding hydrogens is 204 g/mol. The van der Waals surface area contributed by atoms with E-state index in [1.165, 1.54) is 0 Å². The van der Waals surface area contributed by atoms with E-state index in [9.17, 15) is 4.79 Å². The van der Waals surface area contributed by atoms with Gasteiger partial charge in [0, 0.05) is 25.6 Å². The van der Waals surface area contributed by atoms with Crippen molar-refractivity contribution < 1.29 is 4.79 Å². The Bertz CT molecular complexity index is 332. The molecule has 1 aromatic heterocycles. The molecule has 0 saturated heterocycles. The molecule has 0 fully saturated rings. The Labute approximate surface area is 96.2 Å². The van der Waals surface area contributed by atoms with Gasteiger partial charge in [-0.2, -0.15) is 0 Å². The third-order valence-electron chi connectivity index (χ3n) is 2.24. The van der Waals surface area contributed by atoms with E-state index in [4.69, 9.17) is 0 Å². The van der Waals surface area contributed by atoms with Crippen LogP contribution in [0.25, 0.3) is 0 Å². The number of hydrogen-bond acceptors (Lipinski definition) is 4. The van der Waals surface area contributed by atoms with E-state index in [1.54, 1.807) is 10.9 Å². The molecule has 16 heavy (non-hydrogen) atoms. The van der Waals surface area contributed by atoms with Crippen LogP contribution in [-0.4, -0.2) is 33.4 Å². The number of ketones is 1. The smallest absolute Gasteiger partial charge is 0.183 e. The second-order valence-corrected chi connectivity index (χ2v) is 4.12. The van der Waals surface area contributed by atoms with Crippen LogP contribution in [0.4, 0.5) is 0 Å². The van der Waals surface area contributed by atoms with Crippen LogP contribution < -0.4 is 5.32 Å². The molecule has 0 unspecified atom stereocenters. The summed E-state index contributed by atoms with van der Waals surface area (Å²) in [5.74, 6) is 0.103. The van der Waals surface area contributed by atoms with Gasteiger partial charge in [0.15, 0.2) is 5.78 Å². The van der Waals surface area contributed by atoms with Crippen molar-refractivity contribution >= 4 is 5.78 Å². The molecule has 0 aromatic carbocycles. The van der Waals surface area contributed by atoms with E-state index in [0.29, 0.717) is 24.7 Å². The molecule has 1 heterocycles. The fourth-order valence-electron chi connectivity index (χ4n) is 1.45. The monoisotopic (exact) mass is 224 g/mol. The van der Waals surface area contributed by atoms with Gasteiger partial charge in [0.25, 0.3) is 0 Å². The van der Waals surface area contributed by atoms with Crippen molar-refractivity contribution in [2.75, 3.05) is 6.54 Å². The van der Waals surface area contributed by atoms with Crippen LogP contribution in [0, 0.1) is 0 Å². The number of carbonyl (C=O) groups excluding carboxylic acids is 1. The quantitative estimate of drug-likeness (QED) is 0.708. The zero-order chi connectivity index (χ0) is 12.0. The fourth-order valence-corrected chi connectivity index (χ4v) is 1.45. The lowest BCUT2D eigenvalue weighted by atomic mass is 10.2. The van der Waals surface area contributed by atoms with Crippen LogP contribution in [0.5, 0.6) is 0 Å². The van der Waals surface area contributed by atoms with Gasteiger partial charge in [-0.1, -0.05) is 26.0 Å². The van der Waals surface area contributed by atoms with E-state index in [2.05, 4.69) is 36.4 Å². The number of hydrogen-bond donors (Lipinski definition) is 1. The largest absolute Gasteiger partial charge is 0.314 e. The number of carbonyl (C=O) groups is 1. The first-order valence-electron chi connectivity index (χ1n) is 5.80. The Balaban J connectivity index is 2.49. The lowest BCUT2D eigenvalue weighted by Gasteiger charge is -2.07. The fraction of sp³-hybridized carbons (Fsp3) is 0.727. The van der Waals surface area contributed by atoms with Crippen LogP contribution in [0.3, 0.4) is 0 Å². The lowest BCUT2D eigenvalue weighted by molar-refractivity contribution is 0.0971.